The van der Waals surface area contributed by atoms with Crippen molar-refractivity contribution in [3.63, 3.8) is 0 Å². The van der Waals surface area contributed by atoms with Crippen LogP contribution in [0.3, 0.4) is 0 Å². The Bertz CT molecular complexity index is 2390. The van der Waals surface area contributed by atoms with Gasteiger partial charge < -0.3 is 18.9 Å². The van der Waals surface area contributed by atoms with Gasteiger partial charge in [0, 0.05) is 32.4 Å². The van der Waals surface area contributed by atoms with Crippen molar-refractivity contribution >= 4 is 43.1 Å². The van der Waals surface area contributed by atoms with Crippen LogP contribution < -0.4 is 9.47 Å². The first-order valence-electron chi connectivity index (χ1n) is 21.5. The largest absolute Gasteiger partial charge is 0.492 e. The van der Waals surface area contributed by atoms with Crippen LogP contribution in [-0.4, -0.2) is 39.6 Å². The Hall–Kier alpha value is -4.12. The Kier molecular flexibility index (Phi) is 9.61. The van der Waals surface area contributed by atoms with E-state index in [0.29, 0.717) is 39.6 Å². The van der Waals surface area contributed by atoms with Crippen molar-refractivity contribution < 1.29 is 18.9 Å². The highest BCUT2D eigenvalue weighted by molar-refractivity contribution is 6.27. The van der Waals surface area contributed by atoms with Crippen molar-refractivity contribution in [1.82, 2.24) is 0 Å². The van der Waals surface area contributed by atoms with Gasteiger partial charge in [0.25, 0.3) is 0 Å². The van der Waals surface area contributed by atoms with E-state index in [1.54, 1.807) is 0 Å². The van der Waals surface area contributed by atoms with Crippen molar-refractivity contribution in [3.05, 3.63) is 95.1 Å². The van der Waals surface area contributed by atoms with Gasteiger partial charge in [0.05, 0.1) is 39.6 Å². The van der Waals surface area contributed by atoms with Crippen LogP contribution in [0.4, 0.5) is 0 Å². The minimum atomic E-state index is -0.0571. The lowest BCUT2D eigenvalue weighted by Gasteiger charge is -2.38. The number of hydrogen-bond donors (Lipinski definition) is 0. The third-order valence-electron chi connectivity index (χ3n) is 12.8. The summed E-state index contributed by atoms with van der Waals surface area (Å²) in [5.74, 6) is 1.92. The molecule has 2 heterocycles. The molecule has 0 saturated carbocycles. The average molecular weight is 779 g/mol. The molecule has 0 unspecified atom stereocenters. The highest BCUT2D eigenvalue weighted by atomic mass is 16.5. The van der Waals surface area contributed by atoms with Crippen LogP contribution in [0.2, 0.25) is 0 Å². The van der Waals surface area contributed by atoms with Crippen LogP contribution >= 0.6 is 0 Å². The maximum absolute atomic E-state index is 7.10. The summed E-state index contributed by atoms with van der Waals surface area (Å²) in [6.45, 7) is 36.3. The van der Waals surface area contributed by atoms with Gasteiger partial charge in [0.15, 0.2) is 0 Å². The van der Waals surface area contributed by atoms with Gasteiger partial charge >= 0.3 is 0 Å². The van der Waals surface area contributed by atoms with Gasteiger partial charge in [-0.25, -0.2) is 0 Å². The quantitative estimate of drug-likeness (QED) is 0.151. The zero-order valence-corrected chi connectivity index (χ0v) is 37.8. The molecule has 2 aliphatic rings. The second-order valence-electron chi connectivity index (χ2n) is 22.6. The molecule has 0 spiro atoms. The normalized spacial score (nSPS) is 17.1. The van der Waals surface area contributed by atoms with Crippen molar-refractivity contribution in [3.8, 4) is 22.6 Å². The van der Waals surface area contributed by atoms with Crippen LogP contribution in [0.25, 0.3) is 54.2 Å². The summed E-state index contributed by atoms with van der Waals surface area (Å²) in [5.41, 5.74) is 7.44. The molecule has 0 atom stereocenters. The Balaban J connectivity index is 1.57. The molecular weight excluding hydrogens is 713 g/mol. The summed E-state index contributed by atoms with van der Waals surface area (Å²) in [6.07, 6.45) is 0. The molecule has 306 valence electrons. The lowest BCUT2D eigenvalue weighted by Crippen LogP contribution is -2.44. The molecule has 2 saturated heterocycles. The molecule has 8 rings (SSSR count). The number of hydrogen-bond acceptors (Lipinski definition) is 4. The lowest BCUT2D eigenvalue weighted by atomic mass is 9.78. The fourth-order valence-electron chi connectivity index (χ4n) is 8.65. The van der Waals surface area contributed by atoms with Gasteiger partial charge in [-0.05, 0) is 101 Å². The fourth-order valence-corrected chi connectivity index (χ4v) is 8.65. The van der Waals surface area contributed by atoms with E-state index in [1.165, 1.54) is 54.9 Å². The van der Waals surface area contributed by atoms with Gasteiger partial charge in [-0.1, -0.05) is 145 Å². The fraction of sp³-hybridized carbons (Fsp3) is 0.481. The molecule has 4 heteroatoms. The van der Waals surface area contributed by atoms with Gasteiger partial charge in [0.1, 0.15) is 11.5 Å². The van der Waals surface area contributed by atoms with Crippen LogP contribution in [0.1, 0.15) is 119 Å². The Morgan fingerprint density at radius 3 is 0.931 bits per heavy atom. The second-order valence-corrected chi connectivity index (χ2v) is 22.6. The minimum Gasteiger partial charge on any atom is -0.492 e. The summed E-state index contributed by atoms with van der Waals surface area (Å²) < 4.78 is 25.6. The maximum Gasteiger partial charge on any atom is 0.135 e. The number of ether oxygens (including phenoxy) is 4. The third kappa shape index (κ3) is 7.27. The molecule has 0 N–H and O–H groups in total. The average Bonchev–Trinajstić information content (AvgIpc) is 3.11. The third-order valence-corrected chi connectivity index (χ3v) is 12.8. The SMILES string of the molecule is CC1(COc2c3cc(C(C)(C)C)ccc3c(-c3c4ccc(C(C)(C)C)cc4c(OCC4(C)COC4)c4ccc(C(C)(C)C)cc34)c3cc(C(C)(C)C)ccc23)COC1. The predicted octanol–water partition coefficient (Wildman–Crippen LogP) is 14.0. The molecule has 6 aromatic rings. The smallest absolute Gasteiger partial charge is 0.135 e. The first-order chi connectivity index (χ1) is 27.0. The summed E-state index contributed by atoms with van der Waals surface area (Å²) in [7, 11) is 0. The molecule has 2 fully saturated rings. The first kappa shape index (κ1) is 40.7. The number of benzene rings is 6. The summed E-state index contributed by atoms with van der Waals surface area (Å²) in [6, 6.07) is 28.5. The topological polar surface area (TPSA) is 36.9 Å². The molecular formula is C54H66O4. The van der Waals surface area contributed by atoms with Gasteiger partial charge in [-0.15, -0.1) is 0 Å². The van der Waals surface area contributed by atoms with Crippen LogP contribution in [0.15, 0.2) is 72.8 Å². The molecule has 58 heavy (non-hydrogen) atoms. The van der Waals surface area contributed by atoms with E-state index in [2.05, 4.69) is 170 Å². The second kappa shape index (κ2) is 13.7. The minimum absolute atomic E-state index is 0.0106. The monoisotopic (exact) mass is 778 g/mol. The zero-order valence-electron chi connectivity index (χ0n) is 37.8. The van der Waals surface area contributed by atoms with Crippen molar-refractivity contribution in [1.29, 1.82) is 0 Å². The standard InChI is InChI=1S/C54H66O4/c1-49(2,3)33-17-21-39-41(23-33)45(37-19-15-35(51(7,8)9)25-43(37)47(39)57-31-53(13)27-55-28-53)46-38-20-16-36(52(10,11)12)26-44(38)48(58-32-54(14)29-56-30-54)40-22-18-34(24-42(40)46)50(4,5)6/h15-26H,27-32H2,1-14H3. The highest BCUT2D eigenvalue weighted by Crippen LogP contribution is 2.52. The van der Waals surface area contributed by atoms with Crippen LogP contribution in [0, 0.1) is 10.8 Å². The lowest BCUT2D eigenvalue weighted by molar-refractivity contribution is -0.120. The predicted molar refractivity (Wildman–Crippen MR) is 246 cm³/mol. The molecule has 6 aromatic carbocycles. The van der Waals surface area contributed by atoms with E-state index in [0.717, 1.165) is 33.0 Å². The van der Waals surface area contributed by atoms with Crippen LogP contribution in [0.5, 0.6) is 11.5 Å². The first-order valence-corrected chi connectivity index (χ1v) is 21.5. The number of fused-ring (bicyclic) bond motifs is 4. The Labute approximate surface area is 347 Å². The Morgan fingerprint density at radius 2 is 0.672 bits per heavy atom. The van der Waals surface area contributed by atoms with E-state index in [1.807, 2.05) is 0 Å². The number of rotatable bonds is 7. The van der Waals surface area contributed by atoms with E-state index in [4.69, 9.17) is 18.9 Å². The van der Waals surface area contributed by atoms with Gasteiger partial charge in [-0.2, -0.15) is 0 Å². The van der Waals surface area contributed by atoms with E-state index < -0.39 is 0 Å². The highest BCUT2D eigenvalue weighted by Gasteiger charge is 2.37. The van der Waals surface area contributed by atoms with E-state index in [9.17, 15) is 0 Å². The molecule has 0 aromatic heterocycles. The molecule has 0 amide bonds. The molecule has 4 nitrogen and oxygen atoms in total. The van der Waals surface area contributed by atoms with Crippen molar-refractivity contribution in [2.75, 3.05) is 39.6 Å². The van der Waals surface area contributed by atoms with Crippen molar-refractivity contribution in [2.45, 2.75) is 119 Å². The van der Waals surface area contributed by atoms with Crippen LogP contribution in [-0.2, 0) is 31.1 Å². The van der Waals surface area contributed by atoms with E-state index in [-0.39, 0.29) is 32.5 Å². The molecule has 2 aliphatic heterocycles. The van der Waals surface area contributed by atoms with Gasteiger partial charge in [0.2, 0.25) is 0 Å². The van der Waals surface area contributed by atoms with Gasteiger partial charge in [-0.3, -0.25) is 0 Å². The zero-order chi connectivity index (χ0) is 41.8. The molecule has 0 radical (unpaired) electrons. The summed E-state index contributed by atoms with van der Waals surface area (Å²) in [4.78, 5) is 0. The van der Waals surface area contributed by atoms with E-state index >= 15 is 0 Å². The molecule has 0 bridgehead atoms. The summed E-state index contributed by atoms with van der Waals surface area (Å²) in [5, 5.41) is 9.42. The Morgan fingerprint density at radius 1 is 0.397 bits per heavy atom. The maximum atomic E-state index is 7.10. The van der Waals surface area contributed by atoms with Crippen molar-refractivity contribution in [2.24, 2.45) is 10.8 Å². The molecule has 0 aliphatic carbocycles. The summed E-state index contributed by atoms with van der Waals surface area (Å²) >= 11 is 0.